The Labute approximate surface area is 166 Å². The highest BCUT2D eigenvalue weighted by Crippen LogP contribution is 2.20. The molecule has 6 heteroatoms. The van der Waals surface area contributed by atoms with E-state index in [1.807, 2.05) is 25.1 Å². The summed E-state index contributed by atoms with van der Waals surface area (Å²) in [6, 6.07) is 13.6. The number of rotatable bonds is 7. The van der Waals surface area contributed by atoms with Gasteiger partial charge in [0.2, 0.25) is 10.0 Å². The summed E-state index contributed by atoms with van der Waals surface area (Å²) in [6.45, 7) is 2.31. The second-order valence-corrected chi connectivity index (χ2v) is 8.87. The molecule has 0 heterocycles. The van der Waals surface area contributed by atoms with Gasteiger partial charge in [0.1, 0.15) is 0 Å². The van der Waals surface area contributed by atoms with Crippen LogP contribution in [0.1, 0.15) is 48.0 Å². The maximum absolute atomic E-state index is 12.6. The van der Waals surface area contributed by atoms with Crippen molar-refractivity contribution in [3.8, 4) is 0 Å². The predicted octanol–water partition coefficient (Wildman–Crippen LogP) is 4.42. The summed E-state index contributed by atoms with van der Waals surface area (Å²) in [4.78, 5) is 12.6. The van der Waals surface area contributed by atoms with E-state index in [2.05, 4.69) is 16.1 Å². The maximum Gasteiger partial charge on any atom is 0.255 e. The third-order valence-corrected chi connectivity index (χ3v) is 6.26. The second kappa shape index (κ2) is 9.17. The van der Waals surface area contributed by atoms with Crippen LogP contribution in [-0.4, -0.2) is 20.9 Å². The average Bonchev–Trinajstić information content (AvgIpc) is 2.69. The number of carbonyl (C=O) groups is 1. The van der Waals surface area contributed by atoms with Gasteiger partial charge in [-0.3, -0.25) is 4.79 Å². The van der Waals surface area contributed by atoms with Gasteiger partial charge < -0.3 is 5.32 Å². The molecule has 2 aromatic rings. The quantitative estimate of drug-likeness (QED) is 0.678. The molecule has 0 radical (unpaired) electrons. The van der Waals surface area contributed by atoms with E-state index < -0.39 is 10.0 Å². The van der Waals surface area contributed by atoms with Gasteiger partial charge in [0, 0.05) is 17.8 Å². The fraction of sp³-hybridized carbons (Fsp3) is 0.318. The van der Waals surface area contributed by atoms with Crippen molar-refractivity contribution >= 4 is 21.6 Å². The van der Waals surface area contributed by atoms with Crippen molar-refractivity contribution in [2.45, 2.75) is 43.9 Å². The van der Waals surface area contributed by atoms with Gasteiger partial charge in [0.15, 0.2) is 0 Å². The van der Waals surface area contributed by atoms with Crippen molar-refractivity contribution in [3.05, 3.63) is 71.3 Å². The number of sulfonamides is 1. The molecule has 0 unspecified atom stereocenters. The van der Waals surface area contributed by atoms with Gasteiger partial charge in [-0.2, -0.15) is 0 Å². The van der Waals surface area contributed by atoms with Gasteiger partial charge >= 0.3 is 0 Å². The Morgan fingerprint density at radius 2 is 1.89 bits per heavy atom. The molecule has 0 bridgehead atoms. The molecule has 5 nitrogen and oxygen atoms in total. The summed E-state index contributed by atoms with van der Waals surface area (Å²) in [7, 11) is -3.65. The van der Waals surface area contributed by atoms with Crippen LogP contribution in [0.2, 0.25) is 0 Å². The van der Waals surface area contributed by atoms with Crippen molar-refractivity contribution in [1.29, 1.82) is 0 Å². The predicted molar refractivity (Wildman–Crippen MR) is 112 cm³/mol. The van der Waals surface area contributed by atoms with Gasteiger partial charge in [0.05, 0.1) is 4.90 Å². The number of carbonyl (C=O) groups excluding carboxylic acids is 1. The normalized spacial score (nSPS) is 14.4. The van der Waals surface area contributed by atoms with Crippen molar-refractivity contribution < 1.29 is 13.2 Å². The highest BCUT2D eigenvalue weighted by Gasteiger charge is 2.16. The molecule has 0 saturated carbocycles. The molecule has 2 aromatic carbocycles. The van der Waals surface area contributed by atoms with Crippen LogP contribution in [0.4, 0.5) is 5.69 Å². The van der Waals surface area contributed by atoms with Crippen LogP contribution >= 0.6 is 0 Å². The molecule has 0 aromatic heterocycles. The fourth-order valence-electron chi connectivity index (χ4n) is 3.29. The number of hydrogen-bond acceptors (Lipinski definition) is 3. The topological polar surface area (TPSA) is 75.3 Å². The third kappa shape index (κ3) is 5.53. The van der Waals surface area contributed by atoms with Crippen LogP contribution in [0.5, 0.6) is 0 Å². The largest absolute Gasteiger partial charge is 0.322 e. The number of allylic oxidation sites excluding steroid dienone is 1. The number of nitrogens with one attached hydrogen (secondary N) is 2. The molecular formula is C22H26N2O3S. The molecule has 1 amide bonds. The first kappa shape index (κ1) is 20.3. The first-order valence-electron chi connectivity index (χ1n) is 9.60. The zero-order chi connectivity index (χ0) is 20.0. The molecule has 1 aliphatic rings. The summed E-state index contributed by atoms with van der Waals surface area (Å²) < 4.78 is 27.8. The molecule has 3 rings (SSSR count). The summed E-state index contributed by atoms with van der Waals surface area (Å²) in [5.41, 5.74) is 3.34. The summed E-state index contributed by atoms with van der Waals surface area (Å²) >= 11 is 0. The molecule has 0 spiro atoms. The van der Waals surface area contributed by atoms with Gasteiger partial charge in [-0.15, -0.1) is 0 Å². The van der Waals surface area contributed by atoms with E-state index in [-0.39, 0.29) is 10.8 Å². The van der Waals surface area contributed by atoms with Crippen molar-refractivity contribution in [1.82, 2.24) is 4.72 Å². The van der Waals surface area contributed by atoms with E-state index in [4.69, 9.17) is 0 Å². The van der Waals surface area contributed by atoms with Gasteiger partial charge in [-0.25, -0.2) is 13.1 Å². The lowest BCUT2D eigenvalue weighted by atomic mass is 9.97. The average molecular weight is 399 g/mol. The number of amides is 1. The minimum Gasteiger partial charge on any atom is -0.322 e. The molecule has 0 atom stereocenters. The SMILES string of the molecule is Cc1cccc(NC(=O)c2cccc(S(=O)(=O)NCCC3=CCCCC3)c2)c1. The van der Waals surface area contributed by atoms with Crippen LogP contribution in [-0.2, 0) is 10.0 Å². The van der Waals surface area contributed by atoms with Crippen molar-refractivity contribution in [2.75, 3.05) is 11.9 Å². The number of benzene rings is 2. The number of hydrogen-bond donors (Lipinski definition) is 2. The van der Waals surface area contributed by atoms with E-state index >= 15 is 0 Å². The molecule has 1 aliphatic carbocycles. The molecule has 0 aliphatic heterocycles. The maximum atomic E-state index is 12.6. The minimum atomic E-state index is -3.65. The summed E-state index contributed by atoms with van der Waals surface area (Å²) in [6.07, 6.45) is 7.47. The van der Waals surface area contributed by atoms with Crippen LogP contribution in [0.25, 0.3) is 0 Å². The zero-order valence-electron chi connectivity index (χ0n) is 16.1. The van der Waals surface area contributed by atoms with E-state index in [0.717, 1.165) is 24.8 Å². The highest BCUT2D eigenvalue weighted by atomic mass is 32.2. The van der Waals surface area contributed by atoms with E-state index in [1.165, 1.54) is 30.5 Å². The van der Waals surface area contributed by atoms with E-state index in [9.17, 15) is 13.2 Å². The first-order valence-corrected chi connectivity index (χ1v) is 11.1. The molecule has 0 fully saturated rings. The third-order valence-electron chi connectivity index (χ3n) is 4.81. The van der Waals surface area contributed by atoms with Crippen molar-refractivity contribution in [2.24, 2.45) is 0 Å². The standard InChI is InChI=1S/C22H26N2O3S/c1-17-7-5-11-20(15-17)24-22(25)19-10-6-12-21(16-19)28(26,27)23-14-13-18-8-3-2-4-9-18/h5-8,10-12,15-16,23H,2-4,9,13-14H2,1H3,(H,24,25). The van der Waals surface area contributed by atoms with Crippen LogP contribution in [0.15, 0.2) is 65.1 Å². The lowest BCUT2D eigenvalue weighted by Gasteiger charge is -2.13. The van der Waals surface area contributed by atoms with Crippen molar-refractivity contribution in [3.63, 3.8) is 0 Å². The van der Waals surface area contributed by atoms with E-state index in [0.29, 0.717) is 17.8 Å². The summed E-state index contributed by atoms with van der Waals surface area (Å²) in [5.74, 6) is -0.338. The Bertz CT molecular complexity index is 981. The Hall–Kier alpha value is -2.44. The first-order chi connectivity index (χ1) is 13.4. The lowest BCUT2D eigenvalue weighted by Crippen LogP contribution is -2.25. The Kier molecular flexibility index (Phi) is 6.65. The Morgan fingerprint density at radius 1 is 1.07 bits per heavy atom. The second-order valence-electron chi connectivity index (χ2n) is 7.11. The van der Waals surface area contributed by atoms with Gasteiger partial charge in [0.25, 0.3) is 5.91 Å². The fourth-order valence-corrected chi connectivity index (χ4v) is 4.37. The minimum absolute atomic E-state index is 0.0991. The number of aryl methyl sites for hydroxylation is 1. The summed E-state index contributed by atoms with van der Waals surface area (Å²) in [5, 5.41) is 2.80. The highest BCUT2D eigenvalue weighted by molar-refractivity contribution is 7.89. The monoisotopic (exact) mass is 398 g/mol. The van der Waals surface area contributed by atoms with E-state index in [1.54, 1.807) is 18.2 Å². The van der Waals surface area contributed by atoms with Crippen LogP contribution in [0.3, 0.4) is 0 Å². The lowest BCUT2D eigenvalue weighted by molar-refractivity contribution is 0.102. The zero-order valence-corrected chi connectivity index (χ0v) is 16.9. The molecule has 0 saturated heterocycles. The Balaban J connectivity index is 1.65. The smallest absolute Gasteiger partial charge is 0.255 e. The molecular weight excluding hydrogens is 372 g/mol. The van der Waals surface area contributed by atoms with Crippen LogP contribution < -0.4 is 10.0 Å². The van der Waals surface area contributed by atoms with Gasteiger partial charge in [-0.05, 0) is 74.9 Å². The molecule has 2 N–H and O–H groups in total. The van der Waals surface area contributed by atoms with Crippen LogP contribution in [0, 0.1) is 6.92 Å². The Morgan fingerprint density at radius 3 is 2.64 bits per heavy atom. The number of anilines is 1. The van der Waals surface area contributed by atoms with Gasteiger partial charge in [-0.1, -0.05) is 29.8 Å². The molecule has 28 heavy (non-hydrogen) atoms. The molecule has 148 valence electrons.